The molecule has 0 bridgehead atoms. The lowest BCUT2D eigenvalue weighted by Crippen LogP contribution is -2.32. The van der Waals surface area contributed by atoms with E-state index in [4.69, 9.17) is 0 Å². The normalized spacial score (nSPS) is 12.4. The average Bonchev–Trinajstić information content (AvgIpc) is 2.63. The van der Waals surface area contributed by atoms with Crippen LogP contribution in [0.4, 0.5) is 5.69 Å². The summed E-state index contributed by atoms with van der Waals surface area (Å²) in [7, 11) is 1.99. The second kappa shape index (κ2) is 7.93. The Bertz CT molecular complexity index is 954. The number of rotatable bonds is 5. The van der Waals surface area contributed by atoms with Crippen LogP contribution in [0.15, 0.2) is 54.6 Å². The van der Waals surface area contributed by atoms with Gasteiger partial charge >= 0.3 is 0 Å². The van der Waals surface area contributed by atoms with Gasteiger partial charge in [0.1, 0.15) is 0 Å². The predicted octanol–water partition coefficient (Wildman–Crippen LogP) is 5.40. The maximum Gasteiger partial charge on any atom is 0.238 e. The Morgan fingerprint density at radius 1 is 0.963 bits per heavy atom. The van der Waals surface area contributed by atoms with Crippen LogP contribution in [0.25, 0.3) is 10.8 Å². The molecule has 0 radical (unpaired) electrons. The number of amides is 1. The van der Waals surface area contributed by atoms with Crippen molar-refractivity contribution in [3.63, 3.8) is 0 Å². The van der Waals surface area contributed by atoms with Gasteiger partial charge < -0.3 is 5.32 Å². The van der Waals surface area contributed by atoms with Crippen LogP contribution in [0, 0.1) is 20.8 Å². The average molecular weight is 361 g/mol. The zero-order chi connectivity index (χ0) is 19.6. The Balaban J connectivity index is 1.70. The molecule has 0 spiro atoms. The van der Waals surface area contributed by atoms with Gasteiger partial charge in [-0.25, -0.2) is 0 Å². The quantitative estimate of drug-likeness (QED) is 0.661. The number of benzene rings is 3. The molecule has 3 heteroatoms. The predicted molar refractivity (Wildman–Crippen MR) is 114 cm³/mol. The van der Waals surface area contributed by atoms with E-state index in [-0.39, 0.29) is 11.9 Å². The number of hydrogen-bond donors (Lipinski definition) is 1. The largest absolute Gasteiger partial charge is 0.324 e. The molecule has 0 unspecified atom stereocenters. The van der Waals surface area contributed by atoms with Gasteiger partial charge in [0.15, 0.2) is 0 Å². The third-order valence-corrected chi connectivity index (χ3v) is 5.25. The maximum absolute atomic E-state index is 12.6. The summed E-state index contributed by atoms with van der Waals surface area (Å²) in [6, 6.07) is 19.2. The number of hydrogen-bond acceptors (Lipinski definition) is 2. The van der Waals surface area contributed by atoms with E-state index in [0.29, 0.717) is 6.54 Å². The molecule has 0 aliphatic rings. The number of carbonyl (C=O) groups excluding carboxylic acids is 1. The lowest BCUT2D eigenvalue weighted by atomic mass is 10.0. The van der Waals surface area contributed by atoms with Crippen molar-refractivity contribution in [3.05, 3.63) is 76.9 Å². The van der Waals surface area contributed by atoms with Gasteiger partial charge in [-0.15, -0.1) is 0 Å². The summed E-state index contributed by atoms with van der Waals surface area (Å²) in [4.78, 5) is 14.7. The summed E-state index contributed by atoms with van der Waals surface area (Å²) in [5.41, 5.74) is 5.56. The van der Waals surface area contributed by atoms with Crippen molar-refractivity contribution in [1.82, 2.24) is 4.90 Å². The first-order chi connectivity index (χ1) is 12.8. The van der Waals surface area contributed by atoms with Gasteiger partial charge in [0.05, 0.1) is 6.54 Å². The van der Waals surface area contributed by atoms with Gasteiger partial charge in [0.25, 0.3) is 0 Å². The fourth-order valence-electron chi connectivity index (χ4n) is 3.64. The van der Waals surface area contributed by atoms with Gasteiger partial charge in [-0.05, 0) is 68.3 Å². The minimum absolute atomic E-state index is 0.0141. The van der Waals surface area contributed by atoms with Gasteiger partial charge in [-0.3, -0.25) is 9.69 Å². The lowest BCUT2D eigenvalue weighted by molar-refractivity contribution is -0.117. The Labute approximate surface area is 162 Å². The number of fused-ring (bicyclic) bond motifs is 1. The van der Waals surface area contributed by atoms with Gasteiger partial charge in [0.2, 0.25) is 5.91 Å². The molecule has 0 saturated carbocycles. The standard InChI is InChI=1S/C24H28N2O/c1-16-12-17(2)24(18(3)13-16)25-23(27)15-26(5)19(4)21-11-10-20-8-6-7-9-22(20)14-21/h6-14,19H,15H2,1-5H3,(H,25,27)/t19-/m1/s1. The van der Waals surface area contributed by atoms with Crippen molar-refractivity contribution in [3.8, 4) is 0 Å². The molecule has 0 fully saturated rings. The Kier molecular flexibility index (Phi) is 5.62. The van der Waals surface area contributed by atoms with E-state index < -0.39 is 0 Å². The lowest BCUT2D eigenvalue weighted by Gasteiger charge is -2.25. The summed E-state index contributed by atoms with van der Waals surface area (Å²) < 4.78 is 0. The van der Waals surface area contributed by atoms with Crippen LogP contribution in [0.1, 0.15) is 35.2 Å². The molecule has 1 N–H and O–H groups in total. The van der Waals surface area contributed by atoms with Crippen molar-refractivity contribution in [2.45, 2.75) is 33.7 Å². The molecule has 3 aromatic rings. The number of likely N-dealkylation sites (N-methyl/N-ethyl adjacent to an activating group) is 1. The van der Waals surface area contributed by atoms with Crippen LogP contribution in [-0.4, -0.2) is 24.4 Å². The fraction of sp³-hybridized carbons (Fsp3) is 0.292. The van der Waals surface area contributed by atoms with E-state index in [1.54, 1.807) is 0 Å². The third kappa shape index (κ3) is 4.37. The minimum atomic E-state index is 0.0141. The second-order valence-electron chi connectivity index (χ2n) is 7.52. The minimum Gasteiger partial charge on any atom is -0.324 e. The summed E-state index contributed by atoms with van der Waals surface area (Å²) in [6.45, 7) is 8.64. The highest BCUT2D eigenvalue weighted by molar-refractivity contribution is 5.93. The van der Waals surface area contributed by atoms with Gasteiger partial charge in [-0.1, -0.05) is 54.1 Å². The van der Waals surface area contributed by atoms with Crippen LogP contribution in [0.3, 0.4) is 0 Å². The summed E-state index contributed by atoms with van der Waals surface area (Å²) >= 11 is 0. The van der Waals surface area contributed by atoms with E-state index in [9.17, 15) is 4.79 Å². The summed E-state index contributed by atoms with van der Waals surface area (Å²) in [5, 5.41) is 5.55. The number of nitrogens with one attached hydrogen (secondary N) is 1. The molecule has 0 aliphatic carbocycles. The zero-order valence-electron chi connectivity index (χ0n) is 16.8. The molecule has 3 rings (SSSR count). The highest BCUT2D eigenvalue weighted by Crippen LogP contribution is 2.25. The topological polar surface area (TPSA) is 32.3 Å². The molecule has 1 atom stereocenters. The second-order valence-corrected chi connectivity index (χ2v) is 7.52. The summed E-state index contributed by atoms with van der Waals surface area (Å²) in [5.74, 6) is 0.0141. The monoisotopic (exact) mass is 360 g/mol. The molecule has 0 saturated heterocycles. The Morgan fingerprint density at radius 2 is 1.59 bits per heavy atom. The first-order valence-corrected chi connectivity index (χ1v) is 9.42. The molecule has 3 aromatic carbocycles. The van der Waals surface area contributed by atoms with Crippen molar-refractivity contribution < 1.29 is 4.79 Å². The smallest absolute Gasteiger partial charge is 0.238 e. The fourth-order valence-corrected chi connectivity index (χ4v) is 3.64. The first-order valence-electron chi connectivity index (χ1n) is 9.42. The number of aryl methyl sites for hydroxylation is 3. The van der Waals surface area contributed by atoms with Crippen LogP contribution >= 0.6 is 0 Å². The summed E-state index contributed by atoms with van der Waals surface area (Å²) in [6.07, 6.45) is 0. The number of anilines is 1. The van der Waals surface area contributed by atoms with Gasteiger partial charge in [0, 0.05) is 11.7 Å². The molecule has 0 aliphatic heterocycles. The third-order valence-electron chi connectivity index (χ3n) is 5.25. The van der Waals surface area contributed by atoms with E-state index in [1.165, 1.54) is 21.9 Å². The van der Waals surface area contributed by atoms with Crippen LogP contribution in [-0.2, 0) is 4.79 Å². The number of nitrogens with zero attached hydrogens (tertiary/aromatic N) is 1. The first kappa shape index (κ1) is 19.1. The highest BCUT2D eigenvalue weighted by Gasteiger charge is 2.16. The van der Waals surface area contributed by atoms with E-state index in [0.717, 1.165) is 16.8 Å². The van der Waals surface area contributed by atoms with Crippen molar-refractivity contribution >= 4 is 22.4 Å². The molecular formula is C24H28N2O. The Hall–Kier alpha value is -2.65. The van der Waals surface area contributed by atoms with E-state index >= 15 is 0 Å². The van der Waals surface area contributed by atoms with Gasteiger partial charge in [-0.2, -0.15) is 0 Å². The number of carbonyl (C=O) groups is 1. The molecule has 140 valence electrons. The SMILES string of the molecule is Cc1cc(C)c(NC(=O)CN(C)[C@H](C)c2ccc3ccccc3c2)c(C)c1. The zero-order valence-corrected chi connectivity index (χ0v) is 16.8. The molecule has 0 aromatic heterocycles. The Morgan fingerprint density at radius 3 is 2.26 bits per heavy atom. The highest BCUT2D eigenvalue weighted by atomic mass is 16.2. The maximum atomic E-state index is 12.6. The molecule has 27 heavy (non-hydrogen) atoms. The van der Waals surface area contributed by atoms with Crippen LogP contribution in [0.2, 0.25) is 0 Å². The molecular weight excluding hydrogens is 332 g/mol. The van der Waals surface area contributed by atoms with Crippen molar-refractivity contribution in [2.24, 2.45) is 0 Å². The molecule has 0 heterocycles. The van der Waals surface area contributed by atoms with Crippen LogP contribution in [0.5, 0.6) is 0 Å². The van der Waals surface area contributed by atoms with E-state index in [2.05, 4.69) is 78.7 Å². The molecule has 1 amide bonds. The van der Waals surface area contributed by atoms with Crippen molar-refractivity contribution in [1.29, 1.82) is 0 Å². The van der Waals surface area contributed by atoms with E-state index in [1.807, 2.05) is 20.9 Å². The molecule has 3 nitrogen and oxygen atoms in total. The van der Waals surface area contributed by atoms with Crippen LogP contribution < -0.4 is 5.32 Å². The van der Waals surface area contributed by atoms with Crippen molar-refractivity contribution in [2.75, 3.05) is 18.9 Å².